The Kier molecular flexibility index (Phi) is 8.67. The first kappa shape index (κ1) is 17.6. The third kappa shape index (κ3) is 6.71. The highest BCUT2D eigenvalue weighted by Crippen LogP contribution is 2.23. The van der Waals surface area contributed by atoms with Crippen molar-refractivity contribution in [3.05, 3.63) is 28.8 Å². The molecule has 5 heteroatoms. The number of halogens is 1. The summed E-state index contributed by atoms with van der Waals surface area (Å²) in [7, 11) is 0. The summed E-state index contributed by atoms with van der Waals surface area (Å²) in [5.41, 5.74) is 6.18. The summed E-state index contributed by atoms with van der Waals surface area (Å²) < 4.78 is 5.71. The van der Waals surface area contributed by atoms with Gasteiger partial charge in [-0.05, 0) is 24.6 Å². The zero-order valence-electron chi connectivity index (χ0n) is 12.6. The quantitative estimate of drug-likeness (QED) is 0.219. The largest absolute Gasteiger partial charge is 0.493 e. The van der Waals surface area contributed by atoms with Gasteiger partial charge in [-0.3, -0.25) is 0 Å². The summed E-state index contributed by atoms with van der Waals surface area (Å²) in [6.45, 7) is 2.83. The molecule has 0 heterocycles. The van der Waals surface area contributed by atoms with Crippen molar-refractivity contribution in [2.45, 2.75) is 51.9 Å². The van der Waals surface area contributed by atoms with Gasteiger partial charge >= 0.3 is 0 Å². The van der Waals surface area contributed by atoms with Gasteiger partial charge in [0.2, 0.25) is 0 Å². The van der Waals surface area contributed by atoms with Crippen LogP contribution in [0.5, 0.6) is 5.75 Å². The van der Waals surface area contributed by atoms with Gasteiger partial charge in [-0.25, -0.2) is 0 Å². The van der Waals surface area contributed by atoms with E-state index in [1.807, 2.05) is 0 Å². The smallest absolute Gasteiger partial charge is 0.173 e. The average molecular weight is 313 g/mol. The van der Waals surface area contributed by atoms with Crippen molar-refractivity contribution in [1.82, 2.24) is 0 Å². The molecule has 4 nitrogen and oxygen atoms in total. The van der Waals surface area contributed by atoms with E-state index in [-0.39, 0.29) is 5.84 Å². The number of unbranched alkanes of at least 4 members (excludes halogenated alkanes) is 6. The van der Waals surface area contributed by atoms with Crippen LogP contribution < -0.4 is 10.5 Å². The van der Waals surface area contributed by atoms with Crippen LogP contribution in [0.4, 0.5) is 0 Å². The number of hydrogen-bond donors (Lipinski definition) is 2. The second-order valence-corrected chi connectivity index (χ2v) is 5.53. The van der Waals surface area contributed by atoms with Crippen LogP contribution in [-0.4, -0.2) is 17.6 Å². The van der Waals surface area contributed by atoms with E-state index < -0.39 is 0 Å². The molecule has 0 spiro atoms. The van der Waals surface area contributed by atoms with Crippen molar-refractivity contribution in [2.24, 2.45) is 10.9 Å². The van der Waals surface area contributed by atoms with E-state index in [1.54, 1.807) is 18.2 Å². The maximum Gasteiger partial charge on any atom is 0.173 e. The first-order valence-electron chi connectivity index (χ1n) is 7.59. The summed E-state index contributed by atoms with van der Waals surface area (Å²) >= 11 is 5.95. The van der Waals surface area contributed by atoms with E-state index in [4.69, 9.17) is 27.3 Å². The number of amidine groups is 1. The van der Waals surface area contributed by atoms with Crippen molar-refractivity contribution in [3.63, 3.8) is 0 Å². The molecule has 0 fully saturated rings. The molecule has 0 aliphatic carbocycles. The lowest BCUT2D eigenvalue weighted by molar-refractivity contribution is 0.302. The summed E-state index contributed by atoms with van der Waals surface area (Å²) in [4.78, 5) is 0. The maximum atomic E-state index is 8.77. The highest BCUT2D eigenvalue weighted by molar-refractivity contribution is 6.30. The van der Waals surface area contributed by atoms with Gasteiger partial charge in [0.15, 0.2) is 5.84 Å². The molecule has 21 heavy (non-hydrogen) atoms. The van der Waals surface area contributed by atoms with Crippen molar-refractivity contribution in [2.75, 3.05) is 6.61 Å². The molecule has 0 amide bonds. The molecule has 118 valence electrons. The highest BCUT2D eigenvalue weighted by atomic mass is 35.5. The number of nitrogens with two attached hydrogens (primary N) is 1. The van der Waals surface area contributed by atoms with Gasteiger partial charge in [0, 0.05) is 5.02 Å². The van der Waals surface area contributed by atoms with Crippen LogP contribution in [-0.2, 0) is 0 Å². The normalized spacial score (nSPS) is 11.6. The van der Waals surface area contributed by atoms with E-state index in [0.717, 1.165) is 12.8 Å². The van der Waals surface area contributed by atoms with Gasteiger partial charge in [-0.1, -0.05) is 62.2 Å². The van der Waals surface area contributed by atoms with E-state index >= 15 is 0 Å². The fourth-order valence-corrected chi connectivity index (χ4v) is 2.28. The number of nitrogens with zero attached hydrogens (tertiary/aromatic N) is 1. The van der Waals surface area contributed by atoms with Crippen LogP contribution in [0, 0.1) is 0 Å². The van der Waals surface area contributed by atoms with Crippen molar-refractivity contribution < 1.29 is 9.94 Å². The topological polar surface area (TPSA) is 67.8 Å². The van der Waals surface area contributed by atoms with Gasteiger partial charge < -0.3 is 15.7 Å². The van der Waals surface area contributed by atoms with Gasteiger partial charge in [0.1, 0.15) is 5.75 Å². The standard InChI is InChI=1S/C16H25ClN2O2/c1-2-3-4-5-6-7-8-11-21-15-12-13(17)9-10-14(15)16(18)19-20/h9-10,12,20H,2-8,11H2,1H3,(H2,18,19). The van der Waals surface area contributed by atoms with Crippen LogP contribution in [0.15, 0.2) is 23.4 Å². The second-order valence-electron chi connectivity index (χ2n) is 5.10. The minimum absolute atomic E-state index is 0.0289. The summed E-state index contributed by atoms with van der Waals surface area (Å²) in [6, 6.07) is 5.07. The summed E-state index contributed by atoms with van der Waals surface area (Å²) in [5.74, 6) is 0.588. The summed E-state index contributed by atoms with van der Waals surface area (Å²) in [6.07, 6.45) is 8.60. The Labute approximate surface area is 131 Å². The Morgan fingerprint density at radius 1 is 1.19 bits per heavy atom. The fourth-order valence-electron chi connectivity index (χ4n) is 2.12. The molecular formula is C16H25ClN2O2. The Balaban J connectivity index is 2.36. The monoisotopic (exact) mass is 312 g/mol. The first-order chi connectivity index (χ1) is 10.2. The SMILES string of the molecule is CCCCCCCCCOc1cc(Cl)ccc1/C(N)=N/O. The maximum absolute atomic E-state index is 8.77. The number of benzene rings is 1. The lowest BCUT2D eigenvalue weighted by Gasteiger charge is -2.11. The zero-order valence-corrected chi connectivity index (χ0v) is 13.4. The van der Waals surface area contributed by atoms with Crippen LogP contribution >= 0.6 is 11.6 Å². The number of oxime groups is 1. The Bertz CT molecular complexity index is 450. The fraction of sp³-hybridized carbons (Fsp3) is 0.562. The molecule has 0 aliphatic heterocycles. The third-order valence-electron chi connectivity index (χ3n) is 3.33. The second kappa shape index (κ2) is 10.3. The van der Waals surface area contributed by atoms with E-state index in [2.05, 4.69) is 12.1 Å². The van der Waals surface area contributed by atoms with Gasteiger partial charge in [0.25, 0.3) is 0 Å². The number of ether oxygens (including phenoxy) is 1. The zero-order chi connectivity index (χ0) is 15.5. The Morgan fingerprint density at radius 2 is 1.86 bits per heavy atom. The van der Waals surface area contributed by atoms with E-state index in [1.165, 1.54) is 32.1 Å². The third-order valence-corrected chi connectivity index (χ3v) is 3.57. The highest BCUT2D eigenvalue weighted by Gasteiger charge is 2.09. The number of hydrogen-bond acceptors (Lipinski definition) is 3. The van der Waals surface area contributed by atoms with Crippen molar-refractivity contribution in [3.8, 4) is 5.75 Å². The molecule has 3 N–H and O–H groups in total. The lowest BCUT2D eigenvalue weighted by atomic mass is 10.1. The predicted molar refractivity (Wildman–Crippen MR) is 87.5 cm³/mol. The average Bonchev–Trinajstić information content (AvgIpc) is 2.49. The van der Waals surface area contributed by atoms with Gasteiger partial charge in [0.05, 0.1) is 12.2 Å². The molecule has 0 unspecified atom stereocenters. The molecule has 1 rings (SSSR count). The molecule has 1 aromatic carbocycles. The van der Waals surface area contributed by atoms with Crippen LogP contribution in [0.1, 0.15) is 57.4 Å². The molecule has 0 bridgehead atoms. The summed E-state index contributed by atoms with van der Waals surface area (Å²) in [5, 5.41) is 12.3. The van der Waals surface area contributed by atoms with Gasteiger partial charge in [-0.15, -0.1) is 0 Å². The lowest BCUT2D eigenvalue weighted by Crippen LogP contribution is -2.15. The van der Waals surface area contributed by atoms with Gasteiger partial charge in [-0.2, -0.15) is 0 Å². The molecule has 0 aliphatic rings. The van der Waals surface area contributed by atoms with E-state index in [9.17, 15) is 0 Å². The molecule has 1 aromatic rings. The molecular weight excluding hydrogens is 288 g/mol. The Morgan fingerprint density at radius 3 is 2.52 bits per heavy atom. The van der Waals surface area contributed by atoms with Crippen molar-refractivity contribution in [1.29, 1.82) is 0 Å². The van der Waals surface area contributed by atoms with Crippen molar-refractivity contribution >= 4 is 17.4 Å². The Hall–Kier alpha value is -1.42. The predicted octanol–water partition coefficient (Wildman–Crippen LogP) is 4.56. The molecule has 0 atom stereocenters. The van der Waals surface area contributed by atoms with Crippen LogP contribution in [0.25, 0.3) is 0 Å². The molecule has 0 radical (unpaired) electrons. The number of rotatable bonds is 10. The molecule has 0 saturated carbocycles. The molecule has 0 saturated heterocycles. The minimum Gasteiger partial charge on any atom is -0.493 e. The van der Waals surface area contributed by atoms with E-state index in [0.29, 0.717) is 22.9 Å². The van der Waals surface area contributed by atoms with Crippen LogP contribution in [0.3, 0.4) is 0 Å². The minimum atomic E-state index is 0.0289. The first-order valence-corrected chi connectivity index (χ1v) is 7.97. The molecule has 0 aromatic heterocycles. The van der Waals surface area contributed by atoms with Crippen LogP contribution in [0.2, 0.25) is 5.02 Å².